The number of amides is 2. The van der Waals surface area contributed by atoms with Crippen LogP contribution in [0.15, 0.2) is 52.3 Å². The molecule has 28 heavy (non-hydrogen) atoms. The molecule has 1 heterocycles. The first-order chi connectivity index (χ1) is 13.6. The van der Waals surface area contributed by atoms with Crippen LogP contribution in [0.25, 0.3) is 0 Å². The Hall–Kier alpha value is -1.96. The maximum atomic E-state index is 12.7. The molecule has 0 unspecified atom stereocenters. The van der Waals surface area contributed by atoms with Gasteiger partial charge in [0.1, 0.15) is 0 Å². The quantitative estimate of drug-likeness (QED) is 0.608. The van der Waals surface area contributed by atoms with Crippen LogP contribution in [0.2, 0.25) is 0 Å². The number of hydrogen-bond donors (Lipinski definition) is 3. The molecule has 0 spiro atoms. The van der Waals surface area contributed by atoms with E-state index in [1.54, 1.807) is 24.1 Å². The molecule has 2 aromatic carbocycles. The first-order valence-electron chi connectivity index (χ1n) is 9.54. The van der Waals surface area contributed by atoms with E-state index in [-0.39, 0.29) is 17.1 Å². The third-order valence-corrected chi connectivity index (χ3v) is 7.08. The summed E-state index contributed by atoms with van der Waals surface area (Å²) in [4.78, 5) is 26.6. The van der Waals surface area contributed by atoms with E-state index in [1.165, 1.54) is 37.4 Å². The second-order valence-corrected chi connectivity index (χ2v) is 9.44. The van der Waals surface area contributed by atoms with Crippen LogP contribution in [-0.4, -0.2) is 23.1 Å². The average molecular weight is 414 g/mol. The van der Waals surface area contributed by atoms with Gasteiger partial charge >= 0.3 is 0 Å². The number of carbonyl (C=O) groups is 2. The van der Waals surface area contributed by atoms with Gasteiger partial charge in [0.25, 0.3) is 5.91 Å². The lowest BCUT2D eigenvalue weighted by Crippen LogP contribution is -2.26. The van der Waals surface area contributed by atoms with E-state index in [2.05, 4.69) is 15.4 Å². The van der Waals surface area contributed by atoms with Gasteiger partial charge in [-0.3, -0.25) is 14.3 Å². The molecule has 4 rings (SSSR count). The van der Waals surface area contributed by atoms with E-state index in [1.807, 2.05) is 37.3 Å². The van der Waals surface area contributed by atoms with Crippen LogP contribution in [0.4, 0.5) is 11.4 Å². The summed E-state index contributed by atoms with van der Waals surface area (Å²) in [5, 5.41) is 5.70. The zero-order chi connectivity index (χ0) is 19.5. The van der Waals surface area contributed by atoms with Crippen molar-refractivity contribution < 1.29 is 9.59 Å². The smallest absolute Gasteiger partial charge is 0.255 e. The Morgan fingerprint density at radius 2 is 2.00 bits per heavy atom. The van der Waals surface area contributed by atoms with Crippen LogP contribution < -0.4 is 15.4 Å². The molecule has 2 aliphatic rings. The van der Waals surface area contributed by atoms with Gasteiger partial charge in [-0.2, -0.15) is 0 Å². The molecule has 7 heteroatoms. The van der Waals surface area contributed by atoms with Crippen molar-refractivity contribution in [2.75, 3.05) is 10.6 Å². The highest BCUT2D eigenvalue weighted by Crippen LogP contribution is 2.36. The van der Waals surface area contributed by atoms with Crippen molar-refractivity contribution in [2.45, 2.75) is 53.7 Å². The highest BCUT2D eigenvalue weighted by Gasteiger charge is 2.23. The summed E-state index contributed by atoms with van der Waals surface area (Å²) in [6.07, 6.45) is 5.06. The molecule has 1 aliphatic heterocycles. The SMILES string of the molecule is C[C@H]1Sc2ccc(C(=O)Nc3cccc(SNC4CCCC4)c3)cc2NC1=O. The predicted molar refractivity (Wildman–Crippen MR) is 116 cm³/mol. The predicted octanol–water partition coefficient (Wildman–Crippen LogP) is 4.91. The monoisotopic (exact) mass is 413 g/mol. The second kappa shape index (κ2) is 8.59. The van der Waals surface area contributed by atoms with E-state index in [9.17, 15) is 9.59 Å². The van der Waals surface area contributed by atoms with Crippen LogP contribution in [0.5, 0.6) is 0 Å². The molecule has 0 bridgehead atoms. The molecule has 2 amide bonds. The summed E-state index contributed by atoms with van der Waals surface area (Å²) in [6.45, 7) is 1.87. The van der Waals surface area contributed by atoms with E-state index in [0.717, 1.165) is 15.5 Å². The van der Waals surface area contributed by atoms with Gasteiger partial charge in [0.15, 0.2) is 0 Å². The third-order valence-electron chi connectivity index (χ3n) is 4.96. The first kappa shape index (κ1) is 19.4. The fourth-order valence-corrected chi connectivity index (χ4v) is 5.19. The Morgan fingerprint density at radius 1 is 1.18 bits per heavy atom. The summed E-state index contributed by atoms with van der Waals surface area (Å²) in [5.74, 6) is -0.221. The van der Waals surface area contributed by atoms with Crippen LogP contribution in [-0.2, 0) is 4.79 Å². The first-order valence-corrected chi connectivity index (χ1v) is 11.2. The van der Waals surface area contributed by atoms with Crippen LogP contribution in [0, 0.1) is 0 Å². The van der Waals surface area contributed by atoms with Crippen molar-refractivity contribution in [3.05, 3.63) is 48.0 Å². The molecule has 1 atom stereocenters. The normalized spacial score (nSPS) is 19.2. The lowest BCUT2D eigenvalue weighted by atomic mass is 10.1. The number of anilines is 2. The minimum absolute atomic E-state index is 0.0328. The summed E-state index contributed by atoms with van der Waals surface area (Å²) in [6, 6.07) is 13.8. The molecule has 1 saturated carbocycles. The van der Waals surface area contributed by atoms with Gasteiger partial charge in [0, 0.05) is 27.1 Å². The zero-order valence-corrected chi connectivity index (χ0v) is 17.3. The van der Waals surface area contributed by atoms with E-state index < -0.39 is 0 Å². The lowest BCUT2D eigenvalue weighted by molar-refractivity contribution is -0.115. The molecular formula is C21H23N3O2S2. The van der Waals surface area contributed by atoms with Crippen LogP contribution >= 0.6 is 23.7 Å². The zero-order valence-electron chi connectivity index (χ0n) is 15.7. The van der Waals surface area contributed by atoms with Crippen molar-refractivity contribution >= 4 is 46.9 Å². The fraction of sp³-hybridized carbons (Fsp3) is 0.333. The Morgan fingerprint density at radius 3 is 2.82 bits per heavy atom. The van der Waals surface area contributed by atoms with Crippen molar-refractivity contribution in [1.29, 1.82) is 0 Å². The number of benzene rings is 2. The number of thioether (sulfide) groups is 1. The second-order valence-electron chi connectivity index (χ2n) is 7.14. The Balaban J connectivity index is 1.41. The largest absolute Gasteiger partial charge is 0.324 e. The van der Waals surface area contributed by atoms with E-state index >= 15 is 0 Å². The molecule has 1 fully saturated rings. The van der Waals surface area contributed by atoms with Crippen LogP contribution in [0.3, 0.4) is 0 Å². The molecule has 3 N–H and O–H groups in total. The lowest BCUT2D eigenvalue weighted by Gasteiger charge is -2.21. The summed E-state index contributed by atoms with van der Waals surface area (Å²) < 4.78 is 3.51. The Kier molecular flexibility index (Phi) is 5.94. The standard InChI is InChI=1S/C21H23N3O2S2/c1-13-20(25)23-18-11-14(9-10-19(18)27-13)21(26)22-16-7-4-8-17(12-16)28-24-15-5-2-3-6-15/h4,7-13,15,24H,2-3,5-6H2,1H3,(H,22,26)(H,23,25)/t13-/m1/s1. The molecule has 0 aromatic heterocycles. The molecule has 2 aromatic rings. The minimum atomic E-state index is -0.188. The summed E-state index contributed by atoms with van der Waals surface area (Å²) in [5.41, 5.74) is 1.98. The van der Waals surface area contributed by atoms with Crippen molar-refractivity contribution in [3.8, 4) is 0 Å². The molecular weight excluding hydrogens is 390 g/mol. The number of rotatable bonds is 5. The third kappa shape index (κ3) is 4.54. The van der Waals surface area contributed by atoms with Gasteiger partial charge in [-0.25, -0.2) is 0 Å². The molecule has 1 aliphatic carbocycles. The van der Waals surface area contributed by atoms with Gasteiger partial charge in [-0.1, -0.05) is 18.9 Å². The topological polar surface area (TPSA) is 70.2 Å². The van der Waals surface area contributed by atoms with E-state index in [4.69, 9.17) is 0 Å². The summed E-state index contributed by atoms with van der Waals surface area (Å²) in [7, 11) is 0. The van der Waals surface area contributed by atoms with Gasteiger partial charge in [-0.05, 0) is 68.1 Å². The van der Waals surface area contributed by atoms with Gasteiger partial charge in [0.2, 0.25) is 5.91 Å². The summed E-state index contributed by atoms with van der Waals surface area (Å²) >= 11 is 3.13. The van der Waals surface area contributed by atoms with Gasteiger partial charge in [0.05, 0.1) is 10.9 Å². The van der Waals surface area contributed by atoms with Crippen molar-refractivity contribution in [2.24, 2.45) is 0 Å². The minimum Gasteiger partial charge on any atom is -0.324 e. The highest BCUT2D eigenvalue weighted by atomic mass is 32.2. The number of nitrogens with one attached hydrogen (secondary N) is 3. The molecule has 0 radical (unpaired) electrons. The van der Waals surface area contributed by atoms with Crippen molar-refractivity contribution in [3.63, 3.8) is 0 Å². The van der Waals surface area contributed by atoms with Gasteiger partial charge in [-0.15, -0.1) is 11.8 Å². The number of hydrogen-bond acceptors (Lipinski definition) is 5. The van der Waals surface area contributed by atoms with Crippen molar-refractivity contribution in [1.82, 2.24) is 4.72 Å². The molecule has 0 saturated heterocycles. The fourth-order valence-electron chi connectivity index (χ4n) is 3.39. The highest BCUT2D eigenvalue weighted by molar-refractivity contribution is 8.01. The Bertz CT molecular complexity index is 897. The average Bonchev–Trinajstić information content (AvgIpc) is 3.21. The maximum absolute atomic E-state index is 12.7. The van der Waals surface area contributed by atoms with Gasteiger partial charge < -0.3 is 10.6 Å². The number of carbonyl (C=O) groups excluding carboxylic acids is 2. The number of fused-ring (bicyclic) bond motifs is 1. The Labute approximate surface area is 173 Å². The molecule has 146 valence electrons. The molecule has 5 nitrogen and oxygen atoms in total. The van der Waals surface area contributed by atoms with Crippen LogP contribution in [0.1, 0.15) is 43.0 Å². The van der Waals surface area contributed by atoms with E-state index in [0.29, 0.717) is 17.3 Å². The maximum Gasteiger partial charge on any atom is 0.255 e.